The average molecular weight is 156 g/mol. The third-order valence-corrected chi connectivity index (χ3v) is 1.75. The molecule has 1 N–H and O–H groups in total. The lowest BCUT2D eigenvalue weighted by atomic mass is 10.3. The third kappa shape index (κ3) is 1.83. The van der Waals surface area contributed by atoms with E-state index in [1.165, 1.54) is 4.90 Å². The average Bonchev–Trinajstić information content (AvgIpc) is 2.05. The van der Waals surface area contributed by atoms with Gasteiger partial charge in [-0.15, -0.1) is 0 Å². The lowest BCUT2D eigenvalue weighted by Crippen LogP contribution is -2.47. The maximum Gasteiger partial charge on any atom is 0.336 e. The zero-order valence-electron chi connectivity index (χ0n) is 6.12. The van der Waals surface area contributed by atoms with E-state index < -0.39 is 6.03 Å². The number of nitrogens with zero attached hydrogens (tertiary/aromatic N) is 2. The predicted molar refractivity (Wildman–Crippen MR) is 37.7 cm³/mol. The van der Waals surface area contributed by atoms with Crippen LogP contribution in [0.15, 0.2) is 0 Å². The van der Waals surface area contributed by atoms with Crippen molar-refractivity contribution < 1.29 is 9.59 Å². The summed E-state index contributed by atoms with van der Waals surface area (Å²) in [5.74, 6) is 0. The molecular weight excluding hydrogens is 146 g/mol. The van der Waals surface area contributed by atoms with Crippen molar-refractivity contribution >= 4 is 12.4 Å². The van der Waals surface area contributed by atoms with Gasteiger partial charge in [0.15, 0.2) is 0 Å². The minimum atomic E-state index is -0.657. The van der Waals surface area contributed by atoms with E-state index in [0.717, 1.165) is 6.41 Å². The summed E-state index contributed by atoms with van der Waals surface area (Å²) >= 11 is 0. The van der Waals surface area contributed by atoms with Gasteiger partial charge in [0.05, 0.1) is 0 Å². The van der Waals surface area contributed by atoms with Crippen LogP contribution < -0.4 is 5.73 Å². The van der Waals surface area contributed by atoms with Crippen LogP contribution in [0.2, 0.25) is 0 Å². The van der Waals surface area contributed by atoms with Gasteiger partial charge in [0.25, 0.3) is 0 Å². The van der Waals surface area contributed by atoms with Crippen LogP contribution in [-0.4, -0.2) is 48.4 Å². The Morgan fingerprint density at radius 1 is 1.27 bits per heavy atom. The van der Waals surface area contributed by atoms with Crippen molar-refractivity contribution in [2.75, 3.05) is 26.2 Å². The molecule has 0 aromatic rings. The minimum absolute atomic E-state index is 0.487. The van der Waals surface area contributed by atoms with Crippen LogP contribution in [-0.2, 0) is 4.79 Å². The highest BCUT2D eigenvalue weighted by Gasteiger charge is 2.17. The normalized spacial score (nSPS) is 18.2. The Morgan fingerprint density at radius 3 is 2.18 bits per heavy atom. The maximum absolute atomic E-state index is 10.5. The van der Waals surface area contributed by atoms with E-state index in [2.05, 4.69) is 0 Å². The molecule has 5 heteroatoms. The number of amides is 3. The molecule has 0 unspecified atom stereocenters. The van der Waals surface area contributed by atoms with Crippen LogP contribution in [0.1, 0.15) is 0 Å². The first kappa shape index (κ1) is 7.84. The number of carbonyl (C=O) groups excluding carboxylic acids is 2. The molecule has 1 aliphatic rings. The number of piperazine rings is 1. The fourth-order valence-electron chi connectivity index (χ4n) is 1.03. The van der Waals surface area contributed by atoms with Crippen molar-refractivity contribution in [1.29, 1.82) is 0 Å². The second-order valence-electron chi connectivity index (χ2n) is 2.43. The van der Waals surface area contributed by atoms with Gasteiger partial charge < -0.3 is 9.80 Å². The van der Waals surface area contributed by atoms with Crippen LogP contribution in [0.25, 0.3) is 0 Å². The Kier molecular flexibility index (Phi) is 2.30. The second-order valence-corrected chi connectivity index (χ2v) is 2.43. The first-order valence-electron chi connectivity index (χ1n) is 3.44. The van der Waals surface area contributed by atoms with Crippen LogP contribution >= 0.6 is 0 Å². The standard InChI is InChI=1S/C6H10N3O2/c7-6(11)9-3-1-8(5-10)2-4-9/h5,7H,1-4H2. The first-order chi connectivity index (χ1) is 5.24. The highest BCUT2D eigenvalue weighted by atomic mass is 16.2. The zero-order valence-corrected chi connectivity index (χ0v) is 6.12. The van der Waals surface area contributed by atoms with E-state index in [-0.39, 0.29) is 0 Å². The monoisotopic (exact) mass is 156 g/mol. The van der Waals surface area contributed by atoms with Gasteiger partial charge >= 0.3 is 6.03 Å². The number of nitrogens with one attached hydrogen (secondary N) is 1. The summed E-state index contributed by atoms with van der Waals surface area (Å²) in [6.45, 7) is 2.07. The molecule has 1 radical (unpaired) electrons. The third-order valence-electron chi connectivity index (χ3n) is 1.75. The van der Waals surface area contributed by atoms with Crippen LogP contribution in [0, 0.1) is 0 Å². The molecule has 61 valence electrons. The Bertz CT molecular complexity index is 163. The highest BCUT2D eigenvalue weighted by Crippen LogP contribution is 1.98. The van der Waals surface area contributed by atoms with Gasteiger partial charge in [0.2, 0.25) is 6.41 Å². The first-order valence-corrected chi connectivity index (χ1v) is 3.44. The molecule has 0 saturated carbocycles. The molecule has 1 fully saturated rings. The van der Waals surface area contributed by atoms with Crippen LogP contribution in [0.3, 0.4) is 0 Å². The molecule has 11 heavy (non-hydrogen) atoms. The number of rotatable bonds is 1. The van der Waals surface area contributed by atoms with Gasteiger partial charge in [-0.3, -0.25) is 4.79 Å². The molecule has 1 heterocycles. The minimum Gasteiger partial charge on any atom is -0.342 e. The molecule has 1 rings (SSSR count). The Hall–Kier alpha value is -1.26. The van der Waals surface area contributed by atoms with Crippen LogP contribution in [0.4, 0.5) is 4.79 Å². The van der Waals surface area contributed by atoms with Gasteiger partial charge in [0.1, 0.15) is 0 Å². The van der Waals surface area contributed by atoms with Crippen LogP contribution in [0.5, 0.6) is 0 Å². The summed E-state index contributed by atoms with van der Waals surface area (Å²) in [6, 6.07) is -0.657. The molecule has 0 atom stereocenters. The van der Waals surface area contributed by atoms with Crippen molar-refractivity contribution in [3.63, 3.8) is 0 Å². The number of hydrogen-bond donors (Lipinski definition) is 0. The zero-order chi connectivity index (χ0) is 8.27. The van der Waals surface area contributed by atoms with Crippen molar-refractivity contribution in [2.45, 2.75) is 0 Å². The van der Waals surface area contributed by atoms with E-state index >= 15 is 0 Å². The number of hydrogen-bond acceptors (Lipinski definition) is 2. The predicted octanol–water partition coefficient (Wildman–Crippen LogP) is -0.837. The number of carbonyl (C=O) groups is 2. The smallest absolute Gasteiger partial charge is 0.336 e. The van der Waals surface area contributed by atoms with Gasteiger partial charge in [-0.05, 0) is 0 Å². The van der Waals surface area contributed by atoms with Crippen molar-refractivity contribution in [3.05, 3.63) is 0 Å². The van der Waals surface area contributed by atoms with Gasteiger partial charge in [-0.1, -0.05) is 0 Å². The van der Waals surface area contributed by atoms with Gasteiger partial charge in [0, 0.05) is 26.2 Å². The fraction of sp³-hybridized carbons (Fsp3) is 0.667. The Balaban J connectivity index is 2.35. The van der Waals surface area contributed by atoms with Gasteiger partial charge in [-0.25, -0.2) is 10.5 Å². The number of urea groups is 1. The van der Waals surface area contributed by atoms with E-state index in [1.807, 2.05) is 0 Å². The topological polar surface area (TPSA) is 64.4 Å². The summed E-state index contributed by atoms with van der Waals surface area (Å²) < 4.78 is 0. The molecule has 0 aromatic heterocycles. The molecular formula is C6H10N3O2. The molecule has 0 aromatic carbocycles. The summed E-state index contributed by atoms with van der Waals surface area (Å²) in [7, 11) is 0. The van der Waals surface area contributed by atoms with Crippen molar-refractivity contribution in [2.24, 2.45) is 0 Å². The highest BCUT2D eigenvalue weighted by molar-refractivity contribution is 5.71. The summed E-state index contributed by atoms with van der Waals surface area (Å²) in [6.07, 6.45) is 0.770. The van der Waals surface area contributed by atoms with E-state index in [4.69, 9.17) is 5.73 Å². The van der Waals surface area contributed by atoms with E-state index in [1.54, 1.807) is 4.90 Å². The van der Waals surface area contributed by atoms with E-state index in [9.17, 15) is 9.59 Å². The lowest BCUT2D eigenvalue weighted by Gasteiger charge is -2.30. The molecule has 3 amide bonds. The van der Waals surface area contributed by atoms with Crippen molar-refractivity contribution in [1.82, 2.24) is 15.5 Å². The largest absolute Gasteiger partial charge is 0.342 e. The molecule has 0 aliphatic carbocycles. The lowest BCUT2D eigenvalue weighted by molar-refractivity contribution is -0.119. The molecule has 0 bridgehead atoms. The Labute approximate surface area is 64.7 Å². The summed E-state index contributed by atoms with van der Waals surface area (Å²) in [5.41, 5.74) is 6.78. The molecule has 5 nitrogen and oxygen atoms in total. The second kappa shape index (κ2) is 3.23. The quantitative estimate of drug-likeness (QED) is 0.465. The summed E-state index contributed by atoms with van der Waals surface area (Å²) in [4.78, 5) is 23.7. The molecule has 1 saturated heterocycles. The Morgan fingerprint density at radius 2 is 1.82 bits per heavy atom. The maximum atomic E-state index is 10.5. The van der Waals surface area contributed by atoms with Gasteiger partial charge in [-0.2, -0.15) is 0 Å². The molecule has 0 spiro atoms. The summed E-state index contributed by atoms with van der Waals surface area (Å²) in [5, 5.41) is 0. The van der Waals surface area contributed by atoms with E-state index in [0.29, 0.717) is 26.2 Å². The molecule has 1 aliphatic heterocycles. The SMILES string of the molecule is [NH]C(=O)N1CCN(C=O)CC1. The fourth-order valence-corrected chi connectivity index (χ4v) is 1.03. The van der Waals surface area contributed by atoms with Crippen molar-refractivity contribution in [3.8, 4) is 0 Å².